The van der Waals surface area contributed by atoms with Crippen LogP contribution in [-0.4, -0.2) is 35.1 Å². The molecule has 0 spiro atoms. The summed E-state index contributed by atoms with van der Waals surface area (Å²) in [5.74, 6) is 0.167. The zero-order valence-electron chi connectivity index (χ0n) is 11.2. The van der Waals surface area contributed by atoms with Gasteiger partial charge in [0, 0.05) is 12.5 Å². The maximum atomic E-state index is 12.3. The standard InChI is InChI=1S/C16H21NO2/c1-2-6-14-11-15(12-18)17(16(14)19)10-9-13-7-4-3-5-8-13/h2-5,7-8,14-15,18H,1,6,9-12H2/t14-,15-/m0/s1. The summed E-state index contributed by atoms with van der Waals surface area (Å²) in [7, 11) is 0. The molecule has 1 aromatic carbocycles. The van der Waals surface area contributed by atoms with Crippen molar-refractivity contribution in [3.63, 3.8) is 0 Å². The maximum absolute atomic E-state index is 12.3. The van der Waals surface area contributed by atoms with E-state index in [1.807, 2.05) is 23.1 Å². The van der Waals surface area contributed by atoms with Crippen LogP contribution in [0.3, 0.4) is 0 Å². The predicted octanol–water partition coefficient (Wildman–Crippen LogP) is 2.01. The van der Waals surface area contributed by atoms with Gasteiger partial charge in [-0.15, -0.1) is 6.58 Å². The number of benzene rings is 1. The molecule has 19 heavy (non-hydrogen) atoms. The van der Waals surface area contributed by atoms with Crippen LogP contribution in [-0.2, 0) is 11.2 Å². The molecule has 3 heteroatoms. The van der Waals surface area contributed by atoms with E-state index in [1.165, 1.54) is 5.56 Å². The van der Waals surface area contributed by atoms with Crippen LogP contribution in [0.4, 0.5) is 0 Å². The SMILES string of the molecule is C=CC[C@H]1C[C@@H](CO)N(CCc2ccccc2)C1=O. The lowest BCUT2D eigenvalue weighted by Crippen LogP contribution is -2.37. The molecule has 0 aromatic heterocycles. The zero-order valence-corrected chi connectivity index (χ0v) is 11.2. The monoisotopic (exact) mass is 259 g/mol. The van der Waals surface area contributed by atoms with Crippen molar-refractivity contribution in [1.82, 2.24) is 4.90 Å². The number of rotatable bonds is 6. The second kappa shape index (κ2) is 6.53. The lowest BCUT2D eigenvalue weighted by Gasteiger charge is -2.23. The van der Waals surface area contributed by atoms with Crippen LogP contribution in [0.1, 0.15) is 18.4 Å². The average molecular weight is 259 g/mol. The Morgan fingerprint density at radius 1 is 1.37 bits per heavy atom. The first-order valence-corrected chi connectivity index (χ1v) is 6.82. The van der Waals surface area contributed by atoms with Crippen molar-refractivity contribution in [3.05, 3.63) is 48.6 Å². The zero-order chi connectivity index (χ0) is 13.7. The highest BCUT2D eigenvalue weighted by Gasteiger charge is 2.37. The van der Waals surface area contributed by atoms with Gasteiger partial charge in [0.15, 0.2) is 0 Å². The Hall–Kier alpha value is -1.61. The van der Waals surface area contributed by atoms with Gasteiger partial charge in [-0.3, -0.25) is 4.79 Å². The molecule has 1 saturated heterocycles. The maximum Gasteiger partial charge on any atom is 0.226 e. The third kappa shape index (κ3) is 3.24. The van der Waals surface area contributed by atoms with Crippen molar-refractivity contribution in [1.29, 1.82) is 0 Å². The molecule has 1 heterocycles. The summed E-state index contributed by atoms with van der Waals surface area (Å²) in [6, 6.07) is 10.1. The van der Waals surface area contributed by atoms with E-state index in [-0.39, 0.29) is 24.5 Å². The highest BCUT2D eigenvalue weighted by atomic mass is 16.3. The minimum Gasteiger partial charge on any atom is -0.394 e. The van der Waals surface area contributed by atoms with Crippen molar-refractivity contribution in [2.45, 2.75) is 25.3 Å². The number of allylic oxidation sites excluding steroid dienone is 1. The Morgan fingerprint density at radius 3 is 2.74 bits per heavy atom. The summed E-state index contributed by atoms with van der Waals surface area (Å²) in [4.78, 5) is 14.1. The van der Waals surface area contributed by atoms with Gasteiger partial charge in [-0.25, -0.2) is 0 Å². The molecule has 1 aliphatic heterocycles. The number of likely N-dealkylation sites (tertiary alicyclic amines) is 1. The molecule has 0 radical (unpaired) electrons. The minimum absolute atomic E-state index is 0.00502. The molecule has 0 bridgehead atoms. The summed E-state index contributed by atoms with van der Waals surface area (Å²) >= 11 is 0. The van der Waals surface area contributed by atoms with Crippen LogP contribution in [0.2, 0.25) is 0 Å². The van der Waals surface area contributed by atoms with Gasteiger partial charge in [-0.2, -0.15) is 0 Å². The van der Waals surface area contributed by atoms with Crippen molar-refractivity contribution in [3.8, 4) is 0 Å². The van der Waals surface area contributed by atoms with Crippen LogP contribution in [0.5, 0.6) is 0 Å². The average Bonchev–Trinajstić information content (AvgIpc) is 2.74. The Kier molecular flexibility index (Phi) is 4.74. The van der Waals surface area contributed by atoms with Crippen LogP contribution >= 0.6 is 0 Å². The number of aliphatic hydroxyl groups excluding tert-OH is 1. The van der Waals surface area contributed by atoms with E-state index >= 15 is 0 Å². The number of carbonyl (C=O) groups is 1. The van der Waals surface area contributed by atoms with Gasteiger partial charge in [0.05, 0.1) is 12.6 Å². The molecular weight excluding hydrogens is 238 g/mol. The first-order valence-electron chi connectivity index (χ1n) is 6.82. The molecule has 2 rings (SSSR count). The summed E-state index contributed by atoms with van der Waals surface area (Å²) < 4.78 is 0. The lowest BCUT2D eigenvalue weighted by molar-refractivity contribution is -0.132. The molecule has 102 valence electrons. The molecular formula is C16H21NO2. The van der Waals surface area contributed by atoms with E-state index < -0.39 is 0 Å². The predicted molar refractivity (Wildman–Crippen MR) is 75.7 cm³/mol. The lowest BCUT2D eigenvalue weighted by atomic mass is 10.0. The number of carbonyl (C=O) groups excluding carboxylic acids is 1. The van der Waals surface area contributed by atoms with E-state index in [4.69, 9.17) is 0 Å². The fraction of sp³-hybridized carbons (Fsp3) is 0.438. The van der Waals surface area contributed by atoms with Crippen molar-refractivity contribution in [2.75, 3.05) is 13.2 Å². The summed E-state index contributed by atoms with van der Waals surface area (Å²) in [5.41, 5.74) is 1.22. The van der Waals surface area contributed by atoms with E-state index in [1.54, 1.807) is 6.08 Å². The van der Waals surface area contributed by atoms with Crippen LogP contribution in [0.15, 0.2) is 43.0 Å². The van der Waals surface area contributed by atoms with E-state index in [0.29, 0.717) is 13.0 Å². The normalized spacial score (nSPS) is 22.8. The van der Waals surface area contributed by atoms with Gasteiger partial charge in [-0.1, -0.05) is 36.4 Å². The third-order valence-corrected chi connectivity index (χ3v) is 3.78. The molecule has 0 unspecified atom stereocenters. The van der Waals surface area contributed by atoms with Gasteiger partial charge in [0.2, 0.25) is 5.91 Å². The third-order valence-electron chi connectivity index (χ3n) is 3.78. The molecule has 3 nitrogen and oxygen atoms in total. The van der Waals surface area contributed by atoms with Crippen LogP contribution < -0.4 is 0 Å². The summed E-state index contributed by atoms with van der Waals surface area (Å²) in [6.45, 7) is 4.43. The second-order valence-electron chi connectivity index (χ2n) is 5.06. The number of aliphatic hydroxyl groups is 1. The number of amides is 1. The largest absolute Gasteiger partial charge is 0.394 e. The van der Waals surface area contributed by atoms with Gasteiger partial charge in [0.1, 0.15) is 0 Å². The summed E-state index contributed by atoms with van der Waals surface area (Å²) in [5, 5.41) is 9.42. The van der Waals surface area contributed by atoms with E-state index in [2.05, 4.69) is 18.7 Å². The summed E-state index contributed by atoms with van der Waals surface area (Å²) in [6.07, 6.45) is 4.08. The van der Waals surface area contributed by atoms with Crippen LogP contribution in [0, 0.1) is 5.92 Å². The Balaban J connectivity index is 1.97. The molecule has 2 atom stereocenters. The molecule has 0 saturated carbocycles. The first kappa shape index (κ1) is 13.8. The minimum atomic E-state index is -0.0267. The molecule has 1 aliphatic rings. The Bertz CT molecular complexity index is 430. The number of hydrogen-bond donors (Lipinski definition) is 1. The first-order chi connectivity index (χ1) is 9.26. The fourth-order valence-corrected chi connectivity index (χ4v) is 2.73. The smallest absolute Gasteiger partial charge is 0.226 e. The molecule has 1 amide bonds. The second-order valence-corrected chi connectivity index (χ2v) is 5.06. The van der Waals surface area contributed by atoms with E-state index in [9.17, 15) is 9.90 Å². The van der Waals surface area contributed by atoms with Gasteiger partial charge >= 0.3 is 0 Å². The number of hydrogen-bond acceptors (Lipinski definition) is 2. The topological polar surface area (TPSA) is 40.5 Å². The van der Waals surface area contributed by atoms with E-state index in [0.717, 1.165) is 12.8 Å². The Labute approximate surface area is 114 Å². The Morgan fingerprint density at radius 2 is 2.11 bits per heavy atom. The van der Waals surface area contributed by atoms with Crippen molar-refractivity contribution < 1.29 is 9.90 Å². The molecule has 0 aliphatic carbocycles. The molecule has 1 N–H and O–H groups in total. The van der Waals surface area contributed by atoms with Crippen molar-refractivity contribution in [2.24, 2.45) is 5.92 Å². The fourth-order valence-electron chi connectivity index (χ4n) is 2.73. The number of nitrogens with zero attached hydrogens (tertiary/aromatic N) is 1. The van der Waals surface area contributed by atoms with Gasteiger partial charge in [-0.05, 0) is 24.8 Å². The van der Waals surface area contributed by atoms with Crippen LogP contribution in [0.25, 0.3) is 0 Å². The molecule has 1 aromatic rings. The highest BCUT2D eigenvalue weighted by molar-refractivity contribution is 5.81. The highest BCUT2D eigenvalue weighted by Crippen LogP contribution is 2.27. The molecule has 1 fully saturated rings. The quantitative estimate of drug-likeness (QED) is 0.794. The van der Waals surface area contributed by atoms with Crippen molar-refractivity contribution >= 4 is 5.91 Å². The van der Waals surface area contributed by atoms with Gasteiger partial charge < -0.3 is 10.0 Å². The van der Waals surface area contributed by atoms with Gasteiger partial charge in [0.25, 0.3) is 0 Å².